The highest BCUT2D eigenvalue weighted by molar-refractivity contribution is 5.90. The van der Waals surface area contributed by atoms with Gasteiger partial charge in [-0.3, -0.25) is 0 Å². The minimum atomic E-state index is 0.575. The van der Waals surface area contributed by atoms with Crippen molar-refractivity contribution in [1.29, 1.82) is 0 Å². The summed E-state index contributed by atoms with van der Waals surface area (Å²) in [7, 11) is 2.02. The van der Waals surface area contributed by atoms with E-state index in [-0.39, 0.29) is 0 Å². The van der Waals surface area contributed by atoms with E-state index in [2.05, 4.69) is 63.1 Å². The zero-order valence-electron chi connectivity index (χ0n) is 19.2. The molecule has 6 nitrogen and oxygen atoms in total. The van der Waals surface area contributed by atoms with E-state index in [9.17, 15) is 0 Å². The van der Waals surface area contributed by atoms with Crippen LogP contribution in [-0.4, -0.2) is 43.2 Å². The van der Waals surface area contributed by atoms with Crippen LogP contribution in [-0.2, 0) is 0 Å². The maximum atomic E-state index is 5.03. The topological polar surface area (TPSA) is 65.1 Å². The molecule has 32 heavy (non-hydrogen) atoms. The number of nitrogens with zero attached hydrogens (tertiary/aromatic N) is 3. The van der Waals surface area contributed by atoms with Gasteiger partial charge < -0.3 is 20.9 Å². The van der Waals surface area contributed by atoms with Crippen molar-refractivity contribution in [2.75, 3.05) is 48.8 Å². The highest BCUT2D eigenvalue weighted by atomic mass is 15.2. The number of fused-ring (bicyclic) bond motifs is 1. The van der Waals surface area contributed by atoms with Gasteiger partial charge in [-0.15, -0.1) is 0 Å². The highest BCUT2D eigenvalue weighted by Gasteiger charge is 2.24. The van der Waals surface area contributed by atoms with Crippen molar-refractivity contribution < 1.29 is 0 Å². The molecule has 1 aliphatic heterocycles. The van der Waals surface area contributed by atoms with Crippen LogP contribution in [0.25, 0.3) is 10.9 Å². The van der Waals surface area contributed by atoms with Crippen molar-refractivity contribution in [3.8, 4) is 0 Å². The SMILES string of the molecule is CNc1cc(C)c2cnc(Nc3ccc(N4CCCNCC4)cc3)nc2c1C1CCCC1. The largest absolute Gasteiger partial charge is 0.388 e. The molecular formula is C26H34N6. The third-order valence-corrected chi connectivity index (χ3v) is 6.98. The quantitative estimate of drug-likeness (QED) is 0.518. The van der Waals surface area contributed by atoms with Crippen LogP contribution in [0.4, 0.5) is 23.0 Å². The summed E-state index contributed by atoms with van der Waals surface area (Å²) in [5.74, 6) is 1.24. The van der Waals surface area contributed by atoms with Crippen LogP contribution >= 0.6 is 0 Å². The summed E-state index contributed by atoms with van der Waals surface area (Å²) in [6.45, 7) is 6.45. The van der Waals surface area contributed by atoms with Crippen molar-refractivity contribution >= 4 is 33.9 Å². The minimum Gasteiger partial charge on any atom is -0.388 e. The Bertz CT molecular complexity index is 1060. The van der Waals surface area contributed by atoms with Crippen LogP contribution in [0.5, 0.6) is 0 Å². The molecule has 0 amide bonds. The Hall–Kier alpha value is -2.86. The Labute approximate surface area is 190 Å². The summed E-state index contributed by atoms with van der Waals surface area (Å²) in [4.78, 5) is 12.1. The molecular weight excluding hydrogens is 396 g/mol. The average molecular weight is 431 g/mol. The molecule has 6 heteroatoms. The van der Waals surface area contributed by atoms with Gasteiger partial charge in [-0.25, -0.2) is 9.97 Å². The van der Waals surface area contributed by atoms with Gasteiger partial charge in [0, 0.05) is 60.9 Å². The lowest BCUT2D eigenvalue weighted by molar-refractivity contribution is 0.724. The molecule has 2 fully saturated rings. The van der Waals surface area contributed by atoms with Gasteiger partial charge in [0.05, 0.1) is 5.52 Å². The van der Waals surface area contributed by atoms with Gasteiger partial charge in [0.15, 0.2) is 0 Å². The van der Waals surface area contributed by atoms with Crippen LogP contribution in [0.2, 0.25) is 0 Å². The molecule has 0 unspecified atom stereocenters. The Morgan fingerprint density at radius 1 is 1.03 bits per heavy atom. The number of hydrogen-bond acceptors (Lipinski definition) is 6. The molecule has 0 atom stereocenters. The molecule has 5 rings (SSSR count). The summed E-state index contributed by atoms with van der Waals surface area (Å²) >= 11 is 0. The van der Waals surface area contributed by atoms with E-state index >= 15 is 0 Å². The number of benzene rings is 2. The van der Waals surface area contributed by atoms with Gasteiger partial charge in [0.25, 0.3) is 0 Å². The summed E-state index contributed by atoms with van der Waals surface area (Å²) in [5, 5.41) is 11.5. The monoisotopic (exact) mass is 430 g/mol. The summed E-state index contributed by atoms with van der Waals surface area (Å²) in [5.41, 5.74) is 7.17. The normalized spacial score (nSPS) is 17.5. The first-order valence-corrected chi connectivity index (χ1v) is 12.0. The first kappa shape index (κ1) is 21.0. The number of aryl methyl sites for hydroxylation is 1. The minimum absolute atomic E-state index is 0.575. The molecule has 2 heterocycles. The third kappa shape index (κ3) is 4.24. The fourth-order valence-corrected chi connectivity index (χ4v) is 5.26. The molecule has 0 bridgehead atoms. The molecule has 2 aromatic carbocycles. The lowest BCUT2D eigenvalue weighted by Crippen LogP contribution is -2.27. The van der Waals surface area contributed by atoms with Gasteiger partial charge in [0.2, 0.25) is 5.95 Å². The van der Waals surface area contributed by atoms with E-state index in [0.717, 1.165) is 42.8 Å². The van der Waals surface area contributed by atoms with Crippen LogP contribution in [0.3, 0.4) is 0 Å². The van der Waals surface area contributed by atoms with E-state index in [4.69, 9.17) is 4.98 Å². The number of anilines is 4. The molecule has 1 saturated heterocycles. The Kier molecular flexibility index (Phi) is 6.12. The van der Waals surface area contributed by atoms with Crippen molar-refractivity contribution in [2.45, 2.75) is 44.9 Å². The summed E-state index contributed by atoms with van der Waals surface area (Å²) in [6, 6.07) is 10.9. The Morgan fingerprint density at radius 3 is 2.62 bits per heavy atom. The van der Waals surface area contributed by atoms with Crippen LogP contribution in [0.15, 0.2) is 36.5 Å². The number of nitrogens with one attached hydrogen (secondary N) is 3. The van der Waals surface area contributed by atoms with Crippen LogP contribution < -0.4 is 20.9 Å². The maximum Gasteiger partial charge on any atom is 0.227 e. The second-order valence-corrected chi connectivity index (χ2v) is 9.10. The zero-order chi connectivity index (χ0) is 21.9. The molecule has 3 aromatic rings. The average Bonchev–Trinajstić information content (AvgIpc) is 3.20. The van der Waals surface area contributed by atoms with E-state index in [1.807, 2.05) is 13.2 Å². The summed E-state index contributed by atoms with van der Waals surface area (Å²) < 4.78 is 0. The second kappa shape index (κ2) is 9.33. The predicted octanol–water partition coefficient (Wildman–Crippen LogP) is 5.18. The molecule has 0 radical (unpaired) electrons. The highest BCUT2D eigenvalue weighted by Crippen LogP contribution is 2.42. The fourth-order valence-electron chi connectivity index (χ4n) is 5.26. The predicted molar refractivity (Wildman–Crippen MR) is 134 cm³/mol. The lowest BCUT2D eigenvalue weighted by atomic mass is 9.91. The molecule has 0 spiro atoms. The molecule has 168 valence electrons. The van der Waals surface area contributed by atoms with Gasteiger partial charge in [-0.05, 0) is 74.5 Å². The third-order valence-electron chi connectivity index (χ3n) is 6.98. The Balaban J connectivity index is 1.43. The Morgan fingerprint density at radius 2 is 1.84 bits per heavy atom. The molecule has 2 aliphatic rings. The lowest BCUT2D eigenvalue weighted by Gasteiger charge is -2.22. The van der Waals surface area contributed by atoms with Gasteiger partial charge in [-0.1, -0.05) is 12.8 Å². The van der Waals surface area contributed by atoms with Crippen molar-refractivity contribution in [1.82, 2.24) is 15.3 Å². The second-order valence-electron chi connectivity index (χ2n) is 9.10. The van der Waals surface area contributed by atoms with Crippen molar-refractivity contribution in [3.63, 3.8) is 0 Å². The first-order valence-electron chi connectivity index (χ1n) is 12.0. The zero-order valence-corrected chi connectivity index (χ0v) is 19.2. The molecule has 3 N–H and O–H groups in total. The van der Waals surface area contributed by atoms with Crippen molar-refractivity contribution in [3.05, 3.63) is 47.7 Å². The van der Waals surface area contributed by atoms with Crippen LogP contribution in [0, 0.1) is 6.92 Å². The van der Waals surface area contributed by atoms with E-state index in [1.54, 1.807) is 0 Å². The van der Waals surface area contributed by atoms with Crippen molar-refractivity contribution in [2.24, 2.45) is 0 Å². The summed E-state index contributed by atoms with van der Waals surface area (Å²) in [6.07, 6.45) is 8.26. The fraction of sp³-hybridized carbons (Fsp3) is 0.462. The van der Waals surface area contributed by atoms with E-state index in [1.165, 1.54) is 54.6 Å². The van der Waals surface area contributed by atoms with Gasteiger partial charge in [0.1, 0.15) is 0 Å². The molecule has 1 aromatic heterocycles. The molecule has 1 aliphatic carbocycles. The van der Waals surface area contributed by atoms with E-state index in [0.29, 0.717) is 11.9 Å². The first-order chi connectivity index (χ1) is 15.7. The number of rotatable bonds is 5. The van der Waals surface area contributed by atoms with Gasteiger partial charge >= 0.3 is 0 Å². The van der Waals surface area contributed by atoms with Crippen LogP contribution in [0.1, 0.15) is 49.1 Å². The maximum absolute atomic E-state index is 5.03. The number of aromatic nitrogens is 2. The van der Waals surface area contributed by atoms with E-state index < -0.39 is 0 Å². The smallest absolute Gasteiger partial charge is 0.227 e. The molecule has 1 saturated carbocycles. The standard InChI is InChI=1S/C26H34N6/c1-18-16-23(27-2)24(19-6-3-4-7-19)25-22(18)17-29-26(31-25)30-20-8-10-21(11-9-20)32-14-5-12-28-13-15-32/h8-11,16-17,19,27-28H,3-7,12-15H2,1-2H3,(H,29,30,31). The van der Waals surface area contributed by atoms with Gasteiger partial charge in [-0.2, -0.15) is 0 Å². The number of hydrogen-bond donors (Lipinski definition) is 3.